The first-order chi connectivity index (χ1) is 8.21. The van der Waals surface area contributed by atoms with Crippen LogP contribution in [0, 0.1) is 12.8 Å². The van der Waals surface area contributed by atoms with Crippen LogP contribution < -0.4 is 4.74 Å². The minimum atomic E-state index is -4.85. The molecule has 1 N–H and O–H groups in total. The summed E-state index contributed by atoms with van der Waals surface area (Å²) in [6.07, 6.45) is -4.85. The molecule has 0 saturated heterocycles. The van der Waals surface area contributed by atoms with Gasteiger partial charge in [-0.25, -0.2) is 0 Å². The van der Waals surface area contributed by atoms with E-state index in [9.17, 15) is 18.0 Å². The highest BCUT2D eigenvalue weighted by Gasteiger charge is 2.45. The number of halogens is 4. The Kier molecular flexibility index (Phi) is 4.45. The molecule has 0 heterocycles. The molecule has 1 aromatic carbocycles. The predicted octanol–water partition coefficient (Wildman–Crippen LogP) is 3.29. The molecule has 7 heteroatoms. The van der Waals surface area contributed by atoms with Crippen molar-refractivity contribution in [2.24, 2.45) is 5.92 Å². The summed E-state index contributed by atoms with van der Waals surface area (Å²) in [6.45, 7) is 0.634. The fourth-order valence-electron chi connectivity index (χ4n) is 1.21. The van der Waals surface area contributed by atoms with Gasteiger partial charge in [0.15, 0.2) is 5.92 Å². The quantitative estimate of drug-likeness (QED) is 0.922. The lowest BCUT2D eigenvalue weighted by Crippen LogP contribution is -2.35. The minimum absolute atomic E-state index is 0.137. The first-order valence-electron chi connectivity index (χ1n) is 4.90. The van der Waals surface area contributed by atoms with Gasteiger partial charge < -0.3 is 9.84 Å². The smallest absolute Gasteiger partial charge is 0.405 e. The van der Waals surface area contributed by atoms with Crippen LogP contribution in [-0.4, -0.2) is 23.9 Å². The zero-order valence-electron chi connectivity index (χ0n) is 9.29. The molecule has 0 aliphatic carbocycles. The molecule has 3 nitrogen and oxygen atoms in total. The Hall–Kier alpha value is -1.43. The number of aryl methyl sites for hydroxylation is 1. The molecular formula is C11H10ClF3O3. The van der Waals surface area contributed by atoms with Crippen molar-refractivity contribution in [1.29, 1.82) is 0 Å². The largest absolute Gasteiger partial charge is 0.492 e. The number of carbonyl (C=O) groups is 1. The van der Waals surface area contributed by atoms with Gasteiger partial charge in [-0.3, -0.25) is 4.79 Å². The van der Waals surface area contributed by atoms with Gasteiger partial charge in [-0.05, 0) is 24.6 Å². The van der Waals surface area contributed by atoms with Gasteiger partial charge in [0.05, 0.1) is 0 Å². The molecule has 0 bridgehead atoms. The molecule has 0 aliphatic rings. The van der Waals surface area contributed by atoms with E-state index in [0.29, 0.717) is 10.6 Å². The van der Waals surface area contributed by atoms with Crippen LogP contribution in [0.5, 0.6) is 5.75 Å². The van der Waals surface area contributed by atoms with Crippen molar-refractivity contribution in [3.8, 4) is 5.75 Å². The highest BCUT2D eigenvalue weighted by atomic mass is 35.5. The third-order valence-corrected chi connectivity index (χ3v) is 2.48. The third kappa shape index (κ3) is 3.80. The van der Waals surface area contributed by atoms with Crippen LogP contribution in [0.4, 0.5) is 13.2 Å². The molecule has 0 radical (unpaired) electrons. The second kappa shape index (κ2) is 5.48. The van der Waals surface area contributed by atoms with E-state index in [-0.39, 0.29) is 5.75 Å². The molecular weight excluding hydrogens is 273 g/mol. The number of rotatable bonds is 4. The van der Waals surface area contributed by atoms with E-state index >= 15 is 0 Å². The van der Waals surface area contributed by atoms with E-state index in [1.54, 1.807) is 19.1 Å². The molecule has 0 aromatic heterocycles. The van der Waals surface area contributed by atoms with Crippen LogP contribution in [0.3, 0.4) is 0 Å². The Bertz CT molecular complexity index is 446. The van der Waals surface area contributed by atoms with Crippen molar-refractivity contribution in [2.75, 3.05) is 6.61 Å². The molecule has 0 saturated carbocycles. The van der Waals surface area contributed by atoms with E-state index in [1.807, 2.05) is 0 Å². The molecule has 0 spiro atoms. The maximum absolute atomic E-state index is 12.4. The second-order valence-electron chi connectivity index (χ2n) is 3.65. The summed E-state index contributed by atoms with van der Waals surface area (Å²) in [6, 6.07) is 4.47. The summed E-state index contributed by atoms with van der Waals surface area (Å²) < 4.78 is 42.0. The van der Waals surface area contributed by atoms with Gasteiger partial charge in [-0.1, -0.05) is 17.7 Å². The first kappa shape index (κ1) is 14.6. The lowest BCUT2D eigenvalue weighted by Gasteiger charge is -2.17. The summed E-state index contributed by atoms with van der Waals surface area (Å²) in [5.74, 6) is -4.39. The highest BCUT2D eigenvalue weighted by molar-refractivity contribution is 6.30. The zero-order chi connectivity index (χ0) is 13.9. The Morgan fingerprint density at radius 3 is 2.61 bits per heavy atom. The van der Waals surface area contributed by atoms with E-state index in [4.69, 9.17) is 21.4 Å². The summed E-state index contributed by atoms with van der Waals surface area (Å²) in [5.41, 5.74) is 0.575. The van der Waals surface area contributed by atoms with Crippen molar-refractivity contribution in [2.45, 2.75) is 13.1 Å². The van der Waals surface area contributed by atoms with E-state index in [1.165, 1.54) is 6.07 Å². The van der Waals surface area contributed by atoms with Crippen LogP contribution >= 0.6 is 11.6 Å². The van der Waals surface area contributed by atoms with Gasteiger partial charge in [0.1, 0.15) is 12.4 Å². The molecule has 0 fully saturated rings. The van der Waals surface area contributed by atoms with Crippen LogP contribution in [0.2, 0.25) is 5.02 Å². The normalized spacial score (nSPS) is 13.2. The first-order valence-corrected chi connectivity index (χ1v) is 5.28. The Morgan fingerprint density at radius 1 is 1.50 bits per heavy atom. The molecule has 18 heavy (non-hydrogen) atoms. The minimum Gasteiger partial charge on any atom is -0.492 e. The standard InChI is InChI=1S/C11H10ClF3O3/c1-6-2-3-7(12)4-9(6)18-5-8(10(16)17)11(13,14)15/h2-4,8H,5H2,1H3,(H,16,17). The van der Waals surface area contributed by atoms with Crippen LogP contribution in [0.25, 0.3) is 0 Å². The molecule has 100 valence electrons. The Balaban J connectivity index is 2.79. The fourth-order valence-corrected chi connectivity index (χ4v) is 1.37. The van der Waals surface area contributed by atoms with Crippen molar-refractivity contribution in [3.63, 3.8) is 0 Å². The van der Waals surface area contributed by atoms with Gasteiger partial charge in [-0.2, -0.15) is 13.2 Å². The number of benzene rings is 1. The van der Waals surface area contributed by atoms with E-state index in [0.717, 1.165) is 0 Å². The van der Waals surface area contributed by atoms with Crippen molar-refractivity contribution >= 4 is 17.6 Å². The summed E-state index contributed by atoms with van der Waals surface area (Å²) in [5, 5.41) is 8.79. The monoisotopic (exact) mass is 282 g/mol. The van der Waals surface area contributed by atoms with E-state index in [2.05, 4.69) is 0 Å². The van der Waals surface area contributed by atoms with Gasteiger partial charge >= 0.3 is 12.1 Å². The number of hydrogen-bond donors (Lipinski definition) is 1. The summed E-state index contributed by atoms with van der Waals surface area (Å²) in [7, 11) is 0. The SMILES string of the molecule is Cc1ccc(Cl)cc1OCC(C(=O)O)C(F)(F)F. The maximum atomic E-state index is 12.4. The van der Waals surface area contributed by atoms with Gasteiger partial charge in [0, 0.05) is 5.02 Å². The lowest BCUT2D eigenvalue weighted by atomic mass is 10.1. The Labute approximate surface area is 106 Å². The number of hydrogen-bond acceptors (Lipinski definition) is 2. The number of carboxylic acid groups (broad SMARTS) is 1. The van der Waals surface area contributed by atoms with Crippen LogP contribution in [-0.2, 0) is 4.79 Å². The number of carboxylic acids is 1. The van der Waals surface area contributed by atoms with Crippen molar-refractivity contribution in [3.05, 3.63) is 28.8 Å². The lowest BCUT2D eigenvalue weighted by molar-refractivity contribution is -0.198. The summed E-state index contributed by atoms with van der Waals surface area (Å²) >= 11 is 5.67. The second-order valence-corrected chi connectivity index (χ2v) is 4.09. The average molecular weight is 283 g/mol. The maximum Gasteiger partial charge on any atom is 0.405 e. The van der Waals surface area contributed by atoms with Crippen LogP contribution in [0.1, 0.15) is 5.56 Å². The third-order valence-electron chi connectivity index (χ3n) is 2.25. The molecule has 0 aliphatic heterocycles. The number of ether oxygens (including phenoxy) is 1. The molecule has 1 rings (SSSR count). The zero-order valence-corrected chi connectivity index (χ0v) is 10.0. The predicted molar refractivity (Wildman–Crippen MR) is 58.9 cm³/mol. The molecule has 1 unspecified atom stereocenters. The topological polar surface area (TPSA) is 46.5 Å². The Morgan fingerprint density at radius 2 is 2.11 bits per heavy atom. The highest BCUT2D eigenvalue weighted by Crippen LogP contribution is 2.29. The number of aliphatic carboxylic acids is 1. The van der Waals surface area contributed by atoms with Gasteiger partial charge in [-0.15, -0.1) is 0 Å². The van der Waals surface area contributed by atoms with Gasteiger partial charge in [0.25, 0.3) is 0 Å². The van der Waals surface area contributed by atoms with Crippen molar-refractivity contribution in [1.82, 2.24) is 0 Å². The molecule has 1 atom stereocenters. The van der Waals surface area contributed by atoms with Crippen molar-refractivity contribution < 1.29 is 27.8 Å². The van der Waals surface area contributed by atoms with E-state index < -0.39 is 24.7 Å². The van der Waals surface area contributed by atoms with Crippen LogP contribution in [0.15, 0.2) is 18.2 Å². The molecule has 0 amide bonds. The summed E-state index contributed by atoms with van der Waals surface area (Å²) in [4.78, 5) is 10.5. The molecule has 1 aromatic rings. The number of alkyl halides is 3. The average Bonchev–Trinajstić information content (AvgIpc) is 2.20. The van der Waals surface area contributed by atoms with Gasteiger partial charge in [0.2, 0.25) is 0 Å². The fraction of sp³-hybridized carbons (Fsp3) is 0.364.